The van der Waals surface area contributed by atoms with Crippen LogP contribution in [0.5, 0.6) is 0 Å². The van der Waals surface area contributed by atoms with Gasteiger partial charge in [-0.05, 0) is 12.5 Å². The van der Waals surface area contributed by atoms with Gasteiger partial charge < -0.3 is 10.2 Å². The number of benzene rings is 1. The Morgan fingerprint density at radius 1 is 1.52 bits per heavy atom. The molecule has 0 radical (unpaired) electrons. The Morgan fingerprint density at radius 2 is 2.26 bits per heavy atom. The molecule has 0 bridgehead atoms. The summed E-state index contributed by atoms with van der Waals surface area (Å²) in [6.45, 7) is 3.11. The maximum absolute atomic E-state index is 12.3. The molecule has 2 rings (SSSR count). The third-order valence-corrected chi connectivity index (χ3v) is 4.10. The topological polar surface area (TPSA) is 92.6 Å². The number of carbonyl (C=O) groups excluding carboxylic acids is 2. The van der Waals surface area contributed by atoms with Crippen LogP contribution in [0.4, 0.5) is 11.4 Å². The summed E-state index contributed by atoms with van der Waals surface area (Å²) in [5.74, 6) is -0.743. The van der Waals surface area contributed by atoms with Gasteiger partial charge in [-0.25, -0.2) is 0 Å². The predicted octanol–water partition coefficient (Wildman–Crippen LogP) is 2.84. The van der Waals surface area contributed by atoms with Crippen LogP contribution in [-0.2, 0) is 9.59 Å². The lowest BCUT2D eigenvalue weighted by Crippen LogP contribution is -2.29. The molecule has 1 N–H and O–H groups in total. The number of rotatable bonds is 6. The minimum Gasteiger partial charge on any atom is -0.342 e. The second kappa shape index (κ2) is 7.41. The smallest absolute Gasteiger partial charge is 0.271 e. The lowest BCUT2D eigenvalue weighted by Gasteiger charge is -2.16. The van der Waals surface area contributed by atoms with Gasteiger partial charge in [-0.15, -0.1) is 0 Å². The van der Waals surface area contributed by atoms with Crippen LogP contribution < -0.4 is 5.32 Å². The van der Waals surface area contributed by atoms with Crippen molar-refractivity contribution >= 4 is 34.8 Å². The zero-order valence-electron chi connectivity index (χ0n) is 12.8. The second-order valence-corrected chi connectivity index (χ2v) is 5.91. The number of hydrogen-bond donors (Lipinski definition) is 1. The van der Waals surface area contributed by atoms with Crippen LogP contribution in [0.3, 0.4) is 0 Å². The summed E-state index contributed by atoms with van der Waals surface area (Å²) in [5.41, 5.74) is 0.163. The lowest BCUT2D eigenvalue weighted by atomic mass is 10.1. The van der Waals surface area contributed by atoms with Crippen LogP contribution in [0.1, 0.15) is 26.2 Å². The number of nitrogens with one attached hydrogen (secondary N) is 1. The first-order valence-electron chi connectivity index (χ1n) is 7.45. The van der Waals surface area contributed by atoms with E-state index >= 15 is 0 Å². The fraction of sp³-hybridized carbons (Fsp3) is 0.467. The molecule has 8 heteroatoms. The summed E-state index contributed by atoms with van der Waals surface area (Å²) in [6.07, 6.45) is 2.08. The Hall–Kier alpha value is -2.15. The van der Waals surface area contributed by atoms with Crippen LogP contribution in [0, 0.1) is 16.0 Å². The molecule has 1 aromatic rings. The molecule has 1 aromatic carbocycles. The Kier molecular flexibility index (Phi) is 5.54. The molecule has 1 fully saturated rings. The van der Waals surface area contributed by atoms with Crippen molar-refractivity contribution in [3.63, 3.8) is 0 Å². The van der Waals surface area contributed by atoms with Crippen molar-refractivity contribution in [2.45, 2.75) is 26.2 Å². The van der Waals surface area contributed by atoms with Crippen molar-refractivity contribution in [3.05, 3.63) is 33.3 Å². The van der Waals surface area contributed by atoms with E-state index in [1.165, 1.54) is 18.2 Å². The number of unbranched alkanes of at least 4 members (excludes halogenated alkanes) is 1. The molecule has 0 saturated carbocycles. The summed E-state index contributed by atoms with van der Waals surface area (Å²) in [6, 6.07) is 3.85. The number of anilines is 1. The number of nitrogens with zero attached hydrogens (tertiary/aromatic N) is 2. The minimum absolute atomic E-state index is 0.0200. The van der Waals surface area contributed by atoms with Gasteiger partial charge in [0, 0.05) is 31.6 Å². The monoisotopic (exact) mass is 339 g/mol. The molecular weight excluding hydrogens is 322 g/mol. The molecular formula is C15H18ClN3O4. The average molecular weight is 340 g/mol. The Bertz CT molecular complexity index is 635. The number of hydrogen-bond acceptors (Lipinski definition) is 4. The van der Waals surface area contributed by atoms with Gasteiger partial charge in [0.2, 0.25) is 11.8 Å². The van der Waals surface area contributed by atoms with E-state index in [1.807, 2.05) is 6.92 Å². The molecule has 23 heavy (non-hydrogen) atoms. The molecule has 0 spiro atoms. The highest BCUT2D eigenvalue weighted by Crippen LogP contribution is 2.28. The number of carbonyl (C=O) groups is 2. The number of nitro benzene ring substituents is 1. The van der Waals surface area contributed by atoms with Crippen molar-refractivity contribution in [2.24, 2.45) is 5.92 Å². The Balaban J connectivity index is 2.00. The van der Waals surface area contributed by atoms with Gasteiger partial charge in [0.25, 0.3) is 5.69 Å². The van der Waals surface area contributed by atoms with E-state index in [4.69, 9.17) is 11.6 Å². The largest absolute Gasteiger partial charge is 0.342 e. The number of likely N-dealkylation sites (tertiary alicyclic amines) is 1. The highest BCUT2D eigenvalue weighted by atomic mass is 35.5. The first kappa shape index (κ1) is 17.2. The third kappa shape index (κ3) is 4.19. The van der Waals surface area contributed by atoms with E-state index in [9.17, 15) is 19.7 Å². The van der Waals surface area contributed by atoms with E-state index in [2.05, 4.69) is 5.32 Å². The Morgan fingerprint density at radius 3 is 2.87 bits per heavy atom. The number of amides is 2. The van der Waals surface area contributed by atoms with E-state index in [-0.39, 0.29) is 28.9 Å². The van der Waals surface area contributed by atoms with Gasteiger partial charge in [-0.2, -0.15) is 0 Å². The zero-order valence-corrected chi connectivity index (χ0v) is 13.5. The van der Waals surface area contributed by atoms with E-state index < -0.39 is 10.8 Å². The summed E-state index contributed by atoms with van der Waals surface area (Å²) in [4.78, 5) is 36.0. The van der Waals surface area contributed by atoms with Gasteiger partial charge in [0.15, 0.2) is 0 Å². The molecule has 0 aromatic heterocycles. The number of non-ortho nitro benzene ring substituents is 1. The van der Waals surface area contributed by atoms with Crippen molar-refractivity contribution in [1.82, 2.24) is 4.90 Å². The number of halogens is 1. The molecule has 124 valence electrons. The molecule has 1 aliphatic rings. The van der Waals surface area contributed by atoms with Crippen LogP contribution in [0.2, 0.25) is 5.02 Å². The highest BCUT2D eigenvalue weighted by Gasteiger charge is 2.34. The molecule has 1 atom stereocenters. The van der Waals surface area contributed by atoms with Gasteiger partial charge in [-0.3, -0.25) is 19.7 Å². The number of nitro groups is 1. The quantitative estimate of drug-likeness (QED) is 0.637. The van der Waals surface area contributed by atoms with Crippen LogP contribution in [-0.4, -0.2) is 34.7 Å². The summed E-state index contributed by atoms with van der Waals surface area (Å²) >= 11 is 5.95. The highest BCUT2D eigenvalue weighted by molar-refractivity contribution is 6.34. The normalized spacial score (nSPS) is 17.4. The van der Waals surface area contributed by atoms with Crippen LogP contribution in [0.15, 0.2) is 18.2 Å². The zero-order chi connectivity index (χ0) is 17.0. The van der Waals surface area contributed by atoms with Crippen molar-refractivity contribution in [1.29, 1.82) is 0 Å². The molecule has 1 saturated heterocycles. The standard InChI is InChI=1S/C15H18ClN3O4/c1-2-3-6-18-9-10(7-14(18)20)15(21)17-13-5-4-11(19(22)23)8-12(13)16/h4-5,8,10H,2-3,6-7,9H2,1H3,(H,17,21)/t10-/m0/s1. The summed E-state index contributed by atoms with van der Waals surface area (Å²) in [7, 11) is 0. The minimum atomic E-state index is -0.557. The van der Waals surface area contributed by atoms with Crippen LogP contribution >= 0.6 is 11.6 Å². The van der Waals surface area contributed by atoms with Gasteiger partial charge in [0.1, 0.15) is 0 Å². The SMILES string of the molecule is CCCCN1C[C@@H](C(=O)Nc2ccc([N+](=O)[O-])cc2Cl)CC1=O. The van der Waals surface area contributed by atoms with E-state index in [0.717, 1.165) is 12.8 Å². The predicted molar refractivity (Wildman–Crippen MR) is 86.3 cm³/mol. The molecule has 2 amide bonds. The molecule has 7 nitrogen and oxygen atoms in total. The van der Waals surface area contributed by atoms with E-state index in [1.54, 1.807) is 4.90 Å². The van der Waals surface area contributed by atoms with Crippen molar-refractivity contribution in [2.75, 3.05) is 18.4 Å². The van der Waals surface area contributed by atoms with Crippen molar-refractivity contribution < 1.29 is 14.5 Å². The molecule has 1 aliphatic heterocycles. The summed E-state index contributed by atoms with van der Waals surface area (Å²) in [5, 5.41) is 13.4. The molecule has 0 aliphatic carbocycles. The van der Waals surface area contributed by atoms with Gasteiger partial charge in [0.05, 0.1) is 21.6 Å². The second-order valence-electron chi connectivity index (χ2n) is 5.50. The van der Waals surface area contributed by atoms with Crippen LogP contribution in [0.25, 0.3) is 0 Å². The fourth-order valence-electron chi connectivity index (χ4n) is 2.47. The third-order valence-electron chi connectivity index (χ3n) is 3.79. The van der Waals surface area contributed by atoms with Crippen molar-refractivity contribution in [3.8, 4) is 0 Å². The lowest BCUT2D eigenvalue weighted by molar-refractivity contribution is -0.384. The maximum atomic E-state index is 12.3. The molecule has 1 heterocycles. The van der Waals surface area contributed by atoms with E-state index in [0.29, 0.717) is 18.8 Å². The first-order valence-corrected chi connectivity index (χ1v) is 7.82. The summed E-state index contributed by atoms with van der Waals surface area (Å²) < 4.78 is 0. The maximum Gasteiger partial charge on any atom is 0.271 e. The van der Waals surface area contributed by atoms with Gasteiger partial charge in [-0.1, -0.05) is 24.9 Å². The Labute approximate surface area is 138 Å². The van der Waals surface area contributed by atoms with Gasteiger partial charge >= 0.3 is 0 Å². The molecule has 0 unspecified atom stereocenters. The fourth-order valence-corrected chi connectivity index (χ4v) is 2.69. The first-order chi connectivity index (χ1) is 10.9. The average Bonchev–Trinajstić information content (AvgIpc) is 2.88.